The van der Waals surface area contributed by atoms with E-state index in [9.17, 15) is 15.0 Å². The predicted octanol–water partition coefficient (Wildman–Crippen LogP) is 0.583. The maximum atomic E-state index is 12.3. The quantitative estimate of drug-likeness (QED) is 0.750. The van der Waals surface area contributed by atoms with Gasteiger partial charge < -0.3 is 20.1 Å². The van der Waals surface area contributed by atoms with E-state index >= 15 is 0 Å². The second kappa shape index (κ2) is 4.92. The van der Waals surface area contributed by atoms with Gasteiger partial charge in [0, 0.05) is 29.7 Å². The number of aromatic nitrogens is 1. The van der Waals surface area contributed by atoms with Crippen LogP contribution in [-0.2, 0) is 11.2 Å². The lowest BCUT2D eigenvalue weighted by atomic mass is 10.1. The van der Waals surface area contributed by atoms with Gasteiger partial charge in [-0.25, -0.2) is 0 Å². The van der Waals surface area contributed by atoms with Gasteiger partial charge in [0.25, 0.3) is 0 Å². The topological polar surface area (TPSA) is 76.6 Å². The van der Waals surface area contributed by atoms with Gasteiger partial charge >= 0.3 is 0 Å². The van der Waals surface area contributed by atoms with Gasteiger partial charge in [-0.05, 0) is 18.6 Å². The average molecular weight is 274 g/mol. The summed E-state index contributed by atoms with van der Waals surface area (Å²) >= 11 is 0. The highest BCUT2D eigenvalue weighted by atomic mass is 16.3. The molecule has 106 valence electrons. The molecule has 1 aliphatic rings. The van der Waals surface area contributed by atoms with Gasteiger partial charge in [-0.15, -0.1) is 0 Å². The van der Waals surface area contributed by atoms with Gasteiger partial charge in [0.15, 0.2) is 0 Å². The highest BCUT2D eigenvalue weighted by Gasteiger charge is 2.32. The van der Waals surface area contributed by atoms with Crippen molar-refractivity contribution in [2.24, 2.45) is 0 Å². The summed E-state index contributed by atoms with van der Waals surface area (Å²) in [7, 11) is 0. The number of rotatable bonds is 2. The van der Waals surface area contributed by atoms with Gasteiger partial charge in [0.1, 0.15) is 0 Å². The summed E-state index contributed by atoms with van der Waals surface area (Å²) in [6.45, 7) is 2.37. The van der Waals surface area contributed by atoms with Gasteiger partial charge in [-0.3, -0.25) is 4.79 Å². The van der Waals surface area contributed by atoms with Crippen molar-refractivity contribution in [2.75, 3.05) is 13.1 Å². The number of likely N-dealkylation sites (tertiary alicyclic amines) is 1. The molecule has 3 N–H and O–H groups in total. The molecule has 0 aliphatic carbocycles. The van der Waals surface area contributed by atoms with Crippen molar-refractivity contribution in [1.29, 1.82) is 0 Å². The average Bonchev–Trinajstić information content (AvgIpc) is 2.91. The molecule has 0 saturated carbocycles. The van der Waals surface area contributed by atoms with Gasteiger partial charge in [-0.2, -0.15) is 0 Å². The van der Waals surface area contributed by atoms with Crippen molar-refractivity contribution in [3.63, 3.8) is 0 Å². The summed E-state index contributed by atoms with van der Waals surface area (Å²) in [5, 5.41) is 20.1. The van der Waals surface area contributed by atoms with E-state index in [1.807, 2.05) is 31.2 Å². The van der Waals surface area contributed by atoms with Crippen molar-refractivity contribution >= 4 is 16.8 Å². The number of amides is 1. The van der Waals surface area contributed by atoms with Crippen molar-refractivity contribution in [1.82, 2.24) is 9.88 Å². The monoisotopic (exact) mass is 274 g/mol. The van der Waals surface area contributed by atoms with Crippen molar-refractivity contribution in [3.8, 4) is 0 Å². The van der Waals surface area contributed by atoms with Crippen LogP contribution in [0.25, 0.3) is 10.9 Å². The number of β-amino-alcohol motifs (C(OH)–C–C–N with tert-alkyl or cyclic N) is 2. The molecule has 1 amide bonds. The number of fused-ring (bicyclic) bond motifs is 1. The second-order valence-corrected chi connectivity index (χ2v) is 5.38. The Bertz CT molecular complexity index is 640. The van der Waals surface area contributed by atoms with Crippen LogP contribution in [0.4, 0.5) is 0 Å². The number of H-pyrrole nitrogens is 1. The Morgan fingerprint density at radius 2 is 1.95 bits per heavy atom. The third kappa shape index (κ3) is 2.19. The Kier molecular flexibility index (Phi) is 3.23. The lowest BCUT2D eigenvalue weighted by Gasteiger charge is -2.15. The van der Waals surface area contributed by atoms with Gasteiger partial charge in [-0.1, -0.05) is 18.2 Å². The van der Waals surface area contributed by atoms with Crippen LogP contribution in [0.3, 0.4) is 0 Å². The number of carbonyl (C=O) groups excluding carboxylic acids is 1. The van der Waals surface area contributed by atoms with Crippen LogP contribution in [0.5, 0.6) is 0 Å². The molecule has 5 heteroatoms. The Labute approximate surface area is 116 Å². The van der Waals surface area contributed by atoms with Crippen LogP contribution in [0.1, 0.15) is 11.3 Å². The number of aromatic amines is 1. The minimum absolute atomic E-state index is 0.0616. The molecule has 2 heterocycles. The summed E-state index contributed by atoms with van der Waals surface area (Å²) in [6, 6.07) is 7.89. The molecule has 0 bridgehead atoms. The van der Waals surface area contributed by atoms with Crippen molar-refractivity contribution in [2.45, 2.75) is 25.6 Å². The van der Waals surface area contributed by atoms with E-state index in [1.165, 1.54) is 4.90 Å². The van der Waals surface area contributed by atoms with Crippen LogP contribution in [0, 0.1) is 6.92 Å². The van der Waals surface area contributed by atoms with E-state index in [4.69, 9.17) is 0 Å². The number of hydrogen-bond acceptors (Lipinski definition) is 3. The third-order valence-corrected chi connectivity index (χ3v) is 3.97. The van der Waals surface area contributed by atoms with Gasteiger partial charge in [0.05, 0.1) is 18.6 Å². The highest BCUT2D eigenvalue weighted by Crippen LogP contribution is 2.23. The van der Waals surface area contributed by atoms with E-state index < -0.39 is 12.2 Å². The number of hydrogen-bond donors (Lipinski definition) is 3. The maximum Gasteiger partial charge on any atom is 0.227 e. The van der Waals surface area contributed by atoms with E-state index in [2.05, 4.69) is 4.98 Å². The standard InChI is InChI=1S/C15H18N2O3/c1-9-11(10-4-2-3-5-12(10)16-9)6-15(20)17-7-13(18)14(19)8-17/h2-5,13-14,16,18-19H,6-8H2,1H3. The first kappa shape index (κ1) is 13.1. The molecule has 2 aromatic rings. The number of aliphatic hydroxyl groups excluding tert-OH is 2. The summed E-state index contributed by atoms with van der Waals surface area (Å²) in [5.74, 6) is -0.0616. The molecule has 20 heavy (non-hydrogen) atoms. The third-order valence-electron chi connectivity index (χ3n) is 3.97. The first-order chi connectivity index (χ1) is 9.56. The van der Waals surface area contributed by atoms with E-state index in [0.29, 0.717) is 0 Å². The molecule has 0 radical (unpaired) electrons. The molecule has 0 spiro atoms. The molecule has 1 aromatic carbocycles. The lowest BCUT2D eigenvalue weighted by Crippen LogP contribution is -2.31. The number of nitrogens with zero attached hydrogens (tertiary/aromatic N) is 1. The van der Waals surface area contributed by atoms with Crippen molar-refractivity contribution < 1.29 is 15.0 Å². The fraction of sp³-hybridized carbons (Fsp3) is 0.400. The Balaban J connectivity index is 1.83. The molecular formula is C15H18N2O3. The van der Waals surface area contributed by atoms with E-state index in [-0.39, 0.29) is 25.4 Å². The van der Waals surface area contributed by atoms with E-state index in [0.717, 1.165) is 22.2 Å². The van der Waals surface area contributed by atoms with Crippen molar-refractivity contribution in [3.05, 3.63) is 35.5 Å². The zero-order valence-corrected chi connectivity index (χ0v) is 11.3. The first-order valence-corrected chi connectivity index (χ1v) is 6.76. The number of para-hydroxylation sites is 1. The van der Waals surface area contributed by atoms with Crippen LogP contribution in [-0.4, -0.2) is 51.3 Å². The number of nitrogens with one attached hydrogen (secondary N) is 1. The van der Waals surface area contributed by atoms with Crippen LogP contribution in [0.15, 0.2) is 24.3 Å². The predicted molar refractivity (Wildman–Crippen MR) is 75.3 cm³/mol. The SMILES string of the molecule is Cc1[nH]c2ccccc2c1CC(=O)N1CC(O)C(O)C1. The minimum Gasteiger partial charge on any atom is -0.388 e. The Morgan fingerprint density at radius 1 is 1.30 bits per heavy atom. The number of benzene rings is 1. The zero-order valence-electron chi connectivity index (χ0n) is 11.3. The van der Waals surface area contributed by atoms with Crippen LogP contribution in [0.2, 0.25) is 0 Å². The zero-order chi connectivity index (χ0) is 14.3. The minimum atomic E-state index is -0.831. The van der Waals surface area contributed by atoms with Gasteiger partial charge in [0.2, 0.25) is 5.91 Å². The molecule has 5 nitrogen and oxygen atoms in total. The summed E-state index contributed by atoms with van der Waals surface area (Å²) in [5.41, 5.74) is 3.00. The molecule has 1 saturated heterocycles. The van der Waals surface area contributed by atoms with Crippen LogP contribution < -0.4 is 0 Å². The Morgan fingerprint density at radius 3 is 2.65 bits per heavy atom. The fourth-order valence-corrected chi connectivity index (χ4v) is 2.80. The summed E-state index contributed by atoms with van der Waals surface area (Å²) in [4.78, 5) is 17.1. The first-order valence-electron chi connectivity index (χ1n) is 6.76. The van der Waals surface area contributed by atoms with E-state index in [1.54, 1.807) is 0 Å². The molecule has 1 aromatic heterocycles. The summed E-state index contributed by atoms with van der Waals surface area (Å²) < 4.78 is 0. The lowest BCUT2D eigenvalue weighted by molar-refractivity contribution is -0.129. The molecule has 1 fully saturated rings. The maximum absolute atomic E-state index is 12.3. The smallest absolute Gasteiger partial charge is 0.227 e. The highest BCUT2D eigenvalue weighted by molar-refractivity contribution is 5.90. The molecule has 2 atom stereocenters. The molecular weight excluding hydrogens is 256 g/mol. The molecule has 2 unspecified atom stereocenters. The fourth-order valence-electron chi connectivity index (χ4n) is 2.80. The largest absolute Gasteiger partial charge is 0.388 e. The molecule has 3 rings (SSSR count). The number of carbonyl (C=O) groups is 1. The number of aryl methyl sites for hydroxylation is 1. The second-order valence-electron chi connectivity index (χ2n) is 5.38. The number of aliphatic hydroxyl groups is 2. The Hall–Kier alpha value is -1.85. The van der Waals surface area contributed by atoms with Crippen LogP contribution >= 0.6 is 0 Å². The summed E-state index contributed by atoms with van der Waals surface area (Å²) in [6.07, 6.45) is -1.37. The molecule has 1 aliphatic heterocycles. The normalized spacial score (nSPS) is 22.6.